The number of rotatable bonds is 5. The molecular formula is C25H35N5O3. The maximum atomic E-state index is 13.0. The minimum absolute atomic E-state index is 0.0313. The van der Waals surface area contributed by atoms with Crippen LogP contribution in [0.5, 0.6) is 0 Å². The van der Waals surface area contributed by atoms with Gasteiger partial charge in [0.2, 0.25) is 23.5 Å². The highest BCUT2D eigenvalue weighted by molar-refractivity contribution is 5.80. The molecule has 0 aliphatic carbocycles. The van der Waals surface area contributed by atoms with Crippen LogP contribution in [-0.4, -0.2) is 57.9 Å². The van der Waals surface area contributed by atoms with Crippen LogP contribution in [0, 0.1) is 11.8 Å². The third-order valence-electron chi connectivity index (χ3n) is 6.90. The van der Waals surface area contributed by atoms with Gasteiger partial charge in [0.25, 0.3) is 0 Å². The zero-order valence-corrected chi connectivity index (χ0v) is 19.9. The first-order valence-electron chi connectivity index (χ1n) is 11.9. The average Bonchev–Trinajstić information content (AvgIpc) is 3.27. The van der Waals surface area contributed by atoms with Gasteiger partial charge in [-0.1, -0.05) is 50.2 Å². The maximum absolute atomic E-state index is 13.0. The van der Waals surface area contributed by atoms with E-state index in [0.29, 0.717) is 50.7 Å². The first-order valence-corrected chi connectivity index (χ1v) is 11.9. The van der Waals surface area contributed by atoms with Gasteiger partial charge in [-0.25, -0.2) is 0 Å². The lowest BCUT2D eigenvalue weighted by molar-refractivity contribution is -0.140. The molecule has 178 valence electrons. The molecule has 2 fully saturated rings. The van der Waals surface area contributed by atoms with Crippen LogP contribution in [0.15, 0.2) is 28.8 Å². The third kappa shape index (κ3) is 5.61. The molecule has 8 heteroatoms. The number of benzene rings is 1. The van der Waals surface area contributed by atoms with Crippen molar-refractivity contribution in [1.29, 1.82) is 0 Å². The predicted octanol–water partition coefficient (Wildman–Crippen LogP) is 2.97. The molecule has 3 heterocycles. The van der Waals surface area contributed by atoms with Crippen molar-refractivity contribution >= 4 is 11.8 Å². The van der Waals surface area contributed by atoms with Crippen molar-refractivity contribution in [2.75, 3.05) is 26.2 Å². The van der Waals surface area contributed by atoms with E-state index in [1.54, 1.807) is 0 Å². The molecule has 2 aliphatic rings. The number of piperidine rings is 2. The van der Waals surface area contributed by atoms with Gasteiger partial charge in [-0.3, -0.25) is 14.5 Å². The van der Waals surface area contributed by atoms with E-state index in [1.807, 2.05) is 17.0 Å². The Kier molecular flexibility index (Phi) is 6.83. The normalized spacial score (nSPS) is 20.7. The number of nitrogens with two attached hydrogens (primary N) is 1. The van der Waals surface area contributed by atoms with Crippen molar-refractivity contribution in [2.24, 2.45) is 17.6 Å². The molecule has 0 spiro atoms. The summed E-state index contributed by atoms with van der Waals surface area (Å²) in [4.78, 5) is 33.2. The number of nitrogens with zero attached hydrogens (tertiary/aromatic N) is 4. The molecule has 1 atom stereocenters. The number of hydrogen-bond donors (Lipinski definition) is 1. The van der Waals surface area contributed by atoms with Gasteiger partial charge in [0.15, 0.2) is 0 Å². The van der Waals surface area contributed by atoms with Crippen LogP contribution >= 0.6 is 0 Å². The van der Waals surface area contributed by atoms with Crippen LogP contribution in [0.25, 0.3) is 11.4 Å². The fourth-order valence-electron chi connectivity index (χ4n) is 4.79. The molecule has 1 aromatic carbocycles. The van der Waals surface area contributed by atoms with Crippen molar-refractivity contribution in [3.8, 4) is 11.4 Å². The second-order valence-electron chi connectivity index (χ2n) is 10.4. The Hall–Kier alpha value is -2.74. The number of primary amides is 1. The monoisotopic (exact) mass is 453 g/mol. The molecule has 1 unspecified atom stereocenters. The largest absolute Gasteiger partial charge is 0.369 e. The summed E-state index contributed by atoms with van der Waals surface area (Å²) in [5.74, 6) is 0.958. The molecule has 2 aliphatic heterocycles. The van der Waals surface area contributed by atoms with E-state index in [4.69, 9.17) is 10.3 Å². The highest BCUT2D eigenvalue weighted by atomic mass is 16.5. The van der Waals surface area contributed by atoms with Crippen LogP contribution in [0.1, 0.15) is 57.9 Å². The van der Waals surface area contributed by atoms with Gasteiger partial charge < -0.3 is 15.2 Å². The van der Waals surface area contributed by atoms with Crippen LogP contribution < -0.4 is 5.73 Å². The van der Waals surface area contributed by atoms with Crippen molar-refractivity contribution in [3.05, 3.63) is 35.7 Å². The van der Waals surface area contributed by atoms with Gasteiger partial charge in [0.1, 0.15) is 0 Å². The molecule has 1 aromatic heterocycles. The summed E-state index contributed by atoms with van der Waals surface area (Å²) < 4.78 is 5.52. The molecular weight excluding hydrogens is 418 g/mol. The highest BCUT2D eigenvalue weighted by Gasteiger charge is 2.33. The molecule has 2 N–H and O–H groups in total. The van der Waals surface area contributed by atoms with E-state index >= 15 is 0 Å². The lowest BCUT2D eigenvalue weighted by Gasteiger charge is -2.37. The Labute approximate surface area is 195 Å². The molecule has 0 radical (unpaired) electrons. The summed E-state index contributed by atoms with van der Waals surface area (Å²) >= 11 is 0. The van der Waals surface area contributed by atoms with Gasteiger partial charge in [-0.15, -0.1) is 0 Å². The molecule has 33 heavy (non-hydrogen) atoms. The summed E-state index contributed by atoms with van der Waals surface area (Å²) in [6, 6.07) is 8.29. The van der Waals surface area contributed by atoms with Gasteiger partial charge >= 0.3 is 0 Å². The van der Waals surface area contributed by atoms with Gasteiger partial charge in [-0.05, 0) is 43.2 Å². The van der Waals surface area contributed by atoms with E-state index in [1.165, 1.54) is 5.56 Å². The van der Waals surface area contributed by atoms with Crippen molar-refractivity contribution < 1.29 is 14.1 Å². The van der Waals surface area contributed by atoms with Crippen molar-refractivity contribution in [3.63, 3.8) is 0 Å². The van der Waals surface area contributed by atoms with E-state index in [9.17, 15) is 9.59 Å². The first kappa shape index (κ1) is 23.4. The minimum atomic E-state index is -0.255. The summed E-state index contributed by atoms with van der Waals surface area (Å²) in [6.07, 6.45) is 3.18. The van der Waals surface area contributed by atoms with Crippen LogP contribution in [0.2, 0.25) is 0 Å². The van der Waals surface area contributed by atoms with Gasteiger partial charge in [0, 0.05) is 31.1 Å². The molecule has 8 nitrogen and oxygen atoms in total. The average molecular weight is 454 g/mol. The fourth-order valence-corrected chi connectivity index (χ4v) is 4.79. The predicted molar refractivity (Wildman–Crippen MR) is 125 cm³/mol. The Morgan fingerprint density at radius 3 is 2.39 bits per heavy atom. The number of carbonyl (C=O) groups excluding carboxylic acids is 2. The lowest BCUT2D eigenvalue weighted by atomic mass is 9.87. The molecule has 0 bridgehead atoms. The Morgan fingerprint density at radius 1 is 1.06 bits per heavy atom. The zero-order chi connectivity index (χ0) is 23.6. The number of aromatic nitrogens is 2. The first-order chi connectivity index (χ1) is 15.7. The van der Waals surface area contributed by atoms with Crippen molar-refractivity contribution in [2.45, 2.75) is 58.4 Å². The summed E-state index contributed by atoms with van der Waals surface area (Å²) in [5, 5.41) is 4.17. The topological polar surface area (TPSA) is 106 Å². The molecule has 2 amide bonds. The van der Waals surface area contributed by atoms with E-state index in [2.05, 4.69) is 47.9 Å². The minimum Gasteiger partial charge on any atom is -0.369 e. The molecule has 0 saturated carbocycles. The van der Waals surface area contributed by atoms with E-state index in [-0.39, 0.29) is 29.1 Å². The summed E-state index contributed by atoms with van der Waals surface area (Å²) in [6.45, 7) is 9.93. The highest BCUT2D eigenvalue weighted by Crippen LogP contribution is 2.26. The summed E-state index contributed by atoms with van der Waals surface area (Å²) in [5.41, 5.74) is 7.71. The number of hydrogen-bond acceptors (Lipinski definition) is 6. The summed E-state index contributed by atoms with van der Waals surface area (Å²) in [7, 11) is 0. The van der Waals surface area contributed by atoms with Gasteiger partial charge in [0.05, 0.1) is 12.5 Å². The zero-order valence-electron chi connectivity index (χ0n) is 19.9. The van der Waals surface area contributed by atoms with E-state index < -0.39 is 0 Å². The van der Waals surface area contributed by atoms with Crippen LogP contribution in [0.3, 0.4) is 0 Å². The van der Waals surface area contributed by atoms with Crippen molar-refractivity contribution in [1.82, 2.24) is 19.9 Å². The fraction of sp³-hybridized carbons (Fsp3) is 0.600. The molecule has 2 aromatic rings. The number of likely N-dealkylation sites (tertiary alicyclic amines) is 2. The van der Waals surface area contributed by atoms with Gasteiger partial charge in [-0.2, -0.15) is 4.98 Å². The SMILES string of the molecule is CC(C)(C)c1ccc(-c2noc(CN3CCCC(C(=O)N4CCC(C(N)=O)CC4)C3)n2)cc1. The molecule has 2 saturated heterocycles. The standard InChI is InChI=1S/C25H35N5O3/c1-25(2,3)20-8-6-18(7-9-20)23-27-21(33-28-23)16-29-12-4-5-19(15-29)24(32)30-13-10-17(11-14-30)22(26)31/h6-9,17,19H,4-5,10-16H2,1-3H3,(H2,26,31). The van der Waals surface area contributed by atoms with Crippen LogP contribution in [0.4, 0.5) is 0 Å². The lowest BCUT2D eigenvalue weighted by Crippen LogP contribution is -2.48. The number of amides is 2. The smallest absolute Gasteiger partial charge is 0.241 e. The maximum Gasteiger partial charge on any atom is 0.241 e. The second-order valence-corrected chi connectivity index (χ2v) is 10.4. The number of carbonyl (C=O) groups is 2. The Bertz CT molecular complexity index is 971. The molecule has 4 rings (SSSR count). The quantitative estimate of drug-likeness (QED) is 0.746. The van der Waals surface area contributed by atoms with Crippen LogP contribution in [-0.2, 0) is 21.5 Å². The Balaban J connectivity index is 1.33. The third-order valence-corrected chi connectivity index (χ3v) is 6.90. The second kappa shape index (κ2) is 9.63. The Morgan fingerprint density at radius 2 is 1.76 bits per heavy atom. The van der Waals surface area contributed by atoms with E-state index in [0.717, 1.165) is 24.9 Å².